The van der Waals surface area contributed by atoms with Gasteiger partial charge in [0.1, 0.15) is 41.4 Å². The maximum Gasteiger partial charge on any atom is 0.341 e. The quantitative estimate of drug-likeness (QED) is 0.0796. The van der Waals surface area contributed by atoms with Gasteiger partial charge < -0.3 is 50.2 Å². The first kappa shape index (κ1) is 34.5. The van der Waals surface area contributed by atoms with E-state index in [4.69, 9.17) is 9.47 Å². The molecule has 13 nitrogen and oxygen atoms in total. The molecule has 1 amide bonds. The SMILES string of the molecule is C=C1CC2(C=CC(=O)C(C)(C)CCC(=O)Nc3c(OC4OC(CO)C(O)C(O)C4O)ccc(C(=O)OC)c3O)CCC1CC2O. The minimum atomic E-state index is -1.78. The molecule has 2 bridgehead atoms. The Morgan fingerprint density at radius 3 is 2.49 bits per heavy atom. The van der Waals surface area contributed by atoms with Gasteiger partial charge in [0.05, 0.1) is 19.8 Å². The van der Waals surface area contributed by atoms with Crippen LogP contribution in [0.1, 0.15) is 62.7 Å². The van der Waals surface area contributed by atoms with Gasteiger partial charge in [0.2, 0.25) is 12.2 Å². The van der Waals surface area contributed by atoms with Crippen molar-refractivity contribution in [2.75, 3.05) is 19.0 Å². The van der Waals surface area contributed by atoms with E-state index in [2.05, 4.69) is 16.6 Å². The fraction of sp³-hybridized carbons (Fsp3) is 0.594. The van der Waals surface area contributed by atoms with Crippen LogP contribution in [0.3, 0.4) is 0 Å². The van der Waals surface area contributed by atoms with Crippen LogP contribution in [0.4, 0.5) is 5.69 Å². The Hall–Kier alpha value is -3.33. The van der Waals surface area contributed by atoms with Gasteiger partial charge in [-0.15, -0.1) is 0 Å². The average Bonchev–Trinajstić information content (AvgIpc) is 3.01. The summed E-state index contributed by atoms with van der Waals surface area (Å²) in [5.41, 5.74) is -1.08. The molecule has 45 heavy (non-hydrogen) atoms. The average molecular weight is 634 g/mol. The van der Waals surface area contributed by atoms with E-state index in [1.165, 1.54) is 12.1 Å². The van der Waals surface area contributed by atoms with Crippen molar-refractivity contribution in [3.8, 4) is 11.5 Å². The van der Waals surface area contributed by atoms with Gasteiger partial charge >= 0.3 is 5.97 Å². The van der Waals surface area contributed by atoms with Crippen LogP contribution in [-0.4, -0.2) is 98.8 Å². The second kappa shape index (κ2) is 13.6. The van der Waals surface area contributed by atoms with Gasteiger partial charge in [0, 0.05) is 17.3 Å². The molecule has 1 aliphatic heterocycles. The van der Waals surface area contributed by atoms with Crippen molar-refractivity contribution in [3.05, 3.63) is 42.0 Å². The molecule has 1 aromatic carbocycles. The lowest BCUT2D eigenvalue weighted by Crippen LogP contribution is -2.60. The first-order valence-electron chi connectivity index (χ1n) is 14.9. The lowest BCUT2D eigenvalue weighted by molar-refractivity contribution is -0.277. The standard InChI is InChI=1S/C32H43NO12/c1-16-14-32(11-7-17(16)13-22(32)36)12-8-21(35)31(2,3)10-9-23(37)33-24-19(6-5-18(25(24)38)29(42)43-4)44-30-28(41)27(40)26(39)20(15-34)45-30/h5-6,8,12,17,20,22,26-28,30,34,36,38-41H,1,7,9-11,13-15H2,2-4H3,(H,33,37). The molecule has 0 spiro atoms. The van der Waals surface area contributed by atoms with Gasteiger partial charge in [-0.3, -0.25) is 9.59 Å². The zero-order valence-corrected chi connectivity index (χ0v) is 25.6. The molecule has 4 fully saturated rings. The first-order valence-corrected chi connectivity index (χ1v) is 14.9. The summed E-state index contributed by atoms with van der Waals surface area (Å²) < 4.78 is 15.7. The summed E-state index contributed by atoms with van der Waals surface area (Å²) in [6.45, 7) is 6.82. The number of fused-ring (bicyclic) bond motifs is 3. The van der Waals surface area contributed by atoms with Gasteiger partial charge in [0.25, 0.3) is 0 Å². The second-order valence-corrected chi connectivity index (χ2v) is 12.8. The molecular weight excluding hydrogens is 590 g/mol. The molecule has 248 valence electrons. The van der Waals surface area contributed by atoms with E-state index in [1.54, 1.807) is 19.9 Å². The molecule has 0 radical (unpaired) electrons. The molecule has 1 saturated heterocycles. The van der Waals surface area contributed by atoms with Crippen LogP contribution >= 0.6 is 0 Å². The lowest BCUT2D eigenvalue weighted by atomic mass is 9.57. The number of nitrogens with one attached hydrogen (secondary N) is 1. The first-order chi connectivity index (χ1) is 21.1. The lowest BCUT2D eigenvalue weighted by Gasteiger charge is -2.49. The van der Waals surface area contributed by atoms with E-state index in [9.17, 15) is 45.0 Å². The monoisotopic (exact) mass is 633 g/mol. The van der Waals surface area contributed by atoms with Crippen molar-refractivity contribution >= 4 is 23.3 Å². The number of benzene rings is 1. The fourth-order valence-electron chi connectivity index (χ4n) is 6.20. The van der Waals surface area contributed by atoms with Crippen LogP contribution in [0, 0.1) is 16.7 Å². The van der Waals surface area contributed by atoms with Gasteiger partial charge in [-0.2, -0.15) is 0 Å². The van der Waals surface area contributed by atoms with Crippen molar-refractivity contribution < 1.29 is 59.2 Å². The number of hydrogen-bond acceptors (Lipinski definition) is 12. The number of aromatic hydroxyl groups is 1. The van der Waals surface area contributed by atoms with E-state index in [0.717, 1.165) is 31.6 Å². The Balaban J connectivity index is 1.48. The molecule has 3 aliphatic carbocycles. The minimum Gasteiger partial charge on any atom is -0.505 e. The summed E-state index contributed by atoms with van der Waals surface area (Å²) >= 11 is 0. The highest BCUT2D eigenvalue weighted by Gasteiger charge is 2.48. The molecule has 5 rings (SSSR count). The topological polar surface area (TPSA) is 212 Å². The smallest absolute Gasteiger partial charge is 0.341 e. The Labute approximate surface area is 261 Å². The third-order valence-electron chi connectivity index (χ3n) is 9.37. The molecule has 1 heterocycles. The van der Waals surface area contributed by atoms with Crippen molar-refractivity contribution in [2.24, 2.45) is 16.7 Å². The number of carbonyl (C=O) groups is 3. The zero-order chi connectivity index (χ0) is 33.3. The van der Waals surface area contributed by atoms with Crippen molar-refractivity contribution in [3.63, 3.8) is 0 Å². The summed E-state index contributed by atoms with van der Waals surface area (Å²) in [6, 6.07) is 2.34. The predicted octanol–water partition coefficient (Wildman–Crippen LogP) is 1.33. The summed E-state index contributed by atoms with van der Waals surface area (Å²) in [7, 11) is 1.10. The van der Waals surface area contributed by atoms with Gasteiger partial charge in [0.15, 0.2) is 11.5 Å². The third-order valence-corrected chi connectivity index (χ3v) is 9.37. The van der Waals surface area contributed by atoms with E-state index in [0.29, 0.717) is 18.8 Å². The fourth-order valence-corrected chi connectivity index (χ4v) is 6.20. The predicted molar refractivity (Wildman–Crippen MR) is 159 cm³/mol. The maximum atomic E-state index is 13.2. The van der Waals surface area contributed by atoms with Crippen LogP contribution in [0.25, 0.3) is 0 Å². The number of ketones is 1. The van der Waals surface area contributed by atoms with Crippen LogP contribution in [0.2, 0.25) is 0 Å². The van der Waals surface area contributed by atoms with E-state index < -0.39 is 71.9 Å². The van der Waals surface area contributed by atoms with Gasteiger partial charge in [-0.25, -0.2) is 4.79 Å². The highest BCUT2D eigenvalue weighted by molar-refractivity contribution is 6.00. The molecule has 8 unspecified atom stereocenters. The number of hydrogen-bond donors (Lipinski definition) is 7. The van der Waals surface area contributed by atoms with E-state index >= 15 is 0 Å². The van der Waals surface area contributed by atoms with Crippen LogP contribution in [0.5, 0.6) is 11.5 Å². The minimum absolute atomic E-state index is 0.104. The maximum absolute atomic E-state index is 13.2. The summed E-state index contributed by atoms with van der Waals surface area (Å²) in [5.74, 6) is -2.45. The number of amides is 1. The Bertz CT molecular complexity index is 1340. The number of phenols is 1. The molecular formula is C32H43NO12. The molecule has 1 aromatic rings. The van der Waals surface area contributed by atoms with E-state index in [-0.39, 0.29) is 35.6 Å². The highest BCUT2D eigenvalue weighted by Crippen LogP contribution is 2.53. The molecule has 8 atom stereocenters. The summed E-state index contributed by atoms with van der Waals surface area (Å²) in [4.78, 5) is 38.6. The molecule has 0 aromatic heterocycles. The summed E-state index contributed by atoms with van der Waals surface area (Å²) in [5, 5.41) is 64.1. The zero-order valence-electron chi connectivity index (χ0n) is 25.6. The Morgan fingerprint density at radius 2 is 1.87 bits per heavy atom. The van der Waals surface area contributed by atoms with Crippen LogP contribution in [-0.2, 0) is 19.1 Å². The number of esters is 1. The number of rotatable bonds is 11. The normalized spacial score (nSPS) is 31.6. The number of methoxy groups -OCH3 is 1. The largest absolute Gasteiger partial charge is 0.505 e. The number of carbonyl (C=O) groups excluding carboxylic acids is 3. The molecule has 4 aliphatic rings. The Kier molecular flexibility index (Phi) is 10.4. The number of allylic oxidation sites excluding steroid dienone is 2. The molecule has 7 N–H and O–H groups in total. The highest BCUT2D eigenvalue weighted by atomic mass is 16.7. The Morgan fingerprint density at radius 1 is 1.16 bits per heavy atom. The number of aliphatic hydroxyl groups is 5. The van der Waals surface area contributed by atoms with E-state index in [1.807, 2.05) is 0 Å². The second-order valence-electron chi connectivity index (χ2n) is 12.8. The molecule has 3 saturated carbocycles. The van der Waals surface area contributed by atoms with Crippen molar-refractivity contribution in [1.29, 1.82) is 0 Å². The third kappa shape index (κ3) is 7.08. The number of aliphatic hydroxyl groups excluding tert-OH is 5. The number of ether oxygens (including phenoxy) is 3. The number of phenolic OH excluding ortho intramolecular Hbond substituents is 1. The van der Waals surface area contributed by atoms with Crippen LogP contribution < -0.4 is 10.1 Å². The summed E-state index contributed by atoms with van der Waals surface area (Å²) in [6.07, 6.45) is -2.48. The van der Waals surface area contributed by atoms with Gasteiger partial charge in [-0.05, 0) is 56.2 Å². The van der Waals surface area contributed by atoms with Gasteiger partial charge in [-0.1, -0.05) is 32.1 Å². The van der Waals surface area contributed by atoms with Crippen molar-refractivity contribution in [2.45, 2.75) is 89.2 Å². The van der Waals surface area contributed by atoms with Crippen LogP contribution in [0.15, 0.2) is 36.4 Å². The molecule has 13 heteroatoms. The number of anilines is 1. The van der Waals surface area contributed by atoms with Crippen molar-refractivity contribution in [1.82, 2.24) is 0 Å².